The lowest BCUT2D eigenvalue weighted by Gasteiger charge is -2.16. The number of amides is 2. The summed E-state index contributed by atoms with van der Waals surface area (Å²) >= 11 is 0. The van der Waals surface area contributed by atoms with Gasteiger partial charge in [-0.05, 0) is 12.0 Å². The van der Waals surface area contributed by atoms with Crippen LogP contribution in [-0.4, -0.2) is 49.4 Å². The fourth-order valence-electron chi connectivity index (χ4n) is 2.38. The zero-order valence-corrected chi connectivity index (χ0v) is 12.6. The molecule has 2 amide bonds. The van der Waals surface area contributed by atoms with Crippen LogP contribution in [0.3, 0.4) is 0 Å². The van der Waals surface area contributed by atoms with Crippen LogP contribution in [0.25, 0.3) is 0 Å². The first-order chi connectivity index (χ1) is 10.6. The number of nitrogens with one attached hydrogen (secondary N) is 1. The monoisotopic (exact) mass is 304 g/mol. The molecule has 0 saturated carbocycles. The topological polar surface area (TPSA) is 75.7 Å². The lowest BCUT2D eigenvalue weighted by atomic mass is 10.1. The van der Waals surface area contributed by atoms with E-state index in [1.165, 1.54) is 7.05 Å². The number of likely N-dealkylation sites (tertiary alicyclic amines) is 1. The van der Waals surface area contributed by atoms with Crippen molar-refractivity contribution >= 4 is 17.8 Å². The van der Waals surface area contributed by atoms with Gasteiger partial charge in [-0.15, -0.1) is 0 Å². The molecule has 1 atom stereocenters. The average Bonchev–Trinajstić information content (AvgIpc) is 2.92. The number of benzene rings is 1. The van der Waals surface area contributed by atoms with Crippen LogP contribution in [0.1, 0.15) is 12.0 Å². The Balaban J connectivity index is 1.80. The fourth-order valence-corrected chi connectivity index (χ4v) is 2.38. The summed E-state index contributed by atoms with van der Waals surface area (Å²) in [6.45, 7) is 0.643. The maximum Gasteiger partial charge on any atom is 0.311 e. The van der Waals surface area contributed by atoms with Gasteiger partial charge in [-0.25, -0.2) is 0 Å². The molecule has 1 aliphatic rings. The summed E-state index contributed by atoms with van der Waals surface area (Å²) < 4.78 is 4.91. The summed E-state index contributed by atoms with van der Waals surface area (Å²) in [5, 5.41) is 2.37. The highest BCUT2D eigenvalue weighted by molar-refractivity contribution is 5.88. The highest BCUT2D eigenvalue weighted by Gasteiger charge is 2.35. The Kier molecular flexibility index (Phi) is 5.52. The van der Waals surface area contributed by atoms with Gasteiger partial charge in [0.25, 0.3) is 5.91 Å². The standard InChI is InChI=1S/C16H20N2O4/c1-17-14(19)11-22-16(21)13-9-15(20)18(10-13)8-7-12-5-3-2-4-6-12/h2-6,13H,7-11H2,1H3,(H,17,19). The van der Waals surface area contributed by atoms with Crippen LogP contribution in [0.2, 0.25) is 0 Å². The van der Waals surface area contributed by atoms with Crippen LogP contribution >= 0.6 is 0 Å². The molecule has 6 nitrogen and oxygen atoms in total. The van der Waals surface area contributed by atoms with Crippen LogP contribution < -0.4 is 5.32 Å². The minimum absolute atomic E-state index is 0.0437. The first-order valence-corrected chi connectivity index (χ1v) is 7.29. The Labute approximate surface area is 129 Å². The van der Waals surface area contributed by atoms with Crippen LogP contribution in [0.5, 0.6) is 0 Å². The van der Waals surface area contributed by atoms with Crippen LogP contribution in [0.4, 0.5) is 0 Å². The third kappa shape index (κ3) is 4.31. The minimum Gasteiger partial charge on any atom is -0.455 e. The number of likely N-dealkylation sites (N-methyl/N-ethyl adjacent to an activating group) is 1. The molecule has 2 rings (SSSR count). The summed E-state index contributed by atoms with van der Waals surface area (Å²) in [6, 6.07) is 9.88. The van der Waals surface area contributed by atoms with E-state index in [-0.39, 0.29) is 24.8 Å². The van der Waals surface area contributed by atoms with Gasteiger partial charge in [0.2, 0.25) is 5.91 Å². The highest BCUT2D eigenvalue weighted by atomic mass is 16.5. The summed E-state index contributed by atoms with van der Waals surface area (Å²) in [7, 11) is 1.47. The van der Waals surface area contributed by atoms with E-state index < -0.39 is 11.9 Å². The maximum atomic E-state index is 11.9. The SMILES string of the molecule is CNC(=O)COC(=O)C1CC(=O)N(CCc2ccccc2)C1. The van der Waals surface area contributed by atoms with Crippen LogP contribution in [-0.2, 0) is 25.5 Å². The largest absolute Gasteiger partial charge is 0.455 e. The van der Waals surface area contributed by atoms with Gasteiger partial charge >= 0.3 is 5.97 Å². The molecule has 1 aliphatic heterocycles. The second-order valence-corrected chi connectivity index (χ2v) is 5.26. The Bertz CT molecular complexity index is 544. The van der Waals surface area contributed by atoms with Gasteiger partial charge in [0, 0.05) is 26.6 Å². The molecule has 1 saturated heterocycles. The number of hydrogen-bond donors (Lipinski definition) is 1. The molecule has 0 bridgehead atoms. The lowest BCUT2D eigenvalue weighted by Crippen LogP contribution is -2.30. The molecule has 0 aliphatic carbocycles. The smallest absolute Gasteiger partial charge is 0.311 e. The average molecular weight is 304 g/mol. The summed E-state index contributed by atoms with van der Waals surface area (Å²) in [5.41, 5.74) is 1.15. The molecule has 118 valence electrons. The van der Waals surface area contributed by atoms with Gasteiger partial charge in [0.15, 0.2) is 6.61 Å². The summed E-state index contributed by atoms with van der Waals surface area (Å²) in [4.78, 5) is 36.5. The predicted octanol–water partition coefficient (Wildman–Crippen LogP) is 0.367. The number of carbonyl (C=O) groups is 3. The zero-order chi connectivity index (χ0) is 15.9. The molecule has 6 heteroatoms. The molecule has 0 aromatic heterocycles. The highest BCUT2D eigenvalue weighted by Crippen LogP contribution is 2.19. The van der Waals surface area contributed by atoms with E-state index in [0.717, 1.165) is 12.0 Å². The molecular formula is C16H20N2O4. The van der Waals surface area contributed by atoms with E-state index >= 15 is 0 Å². The lowest BCUT2D eigenvalue weighted by molar-refractivity contribution is -0.152. The van der Waals surface area contributed by atoms with Gasteiger partial charge in [0.1, 0.15) is 0 Å². The number of carbonyl (C=O) groups excluding carboxylic acids is 3. The molecule has 0 radical (unpaired) electrons. The van der Waals surface area contributed by atoms with Gasteiger partial charge in [-0.3, -0.25) is 14.4 Å². The van der Waals surface area contributed by atoms with E-state index in [1.54, 1.807) is 4.90 Å². The van der Waals surface area contributed by atoms with E-state index in [4.69, 9.17) is 4.74 Å². The Morgan fingerprint density at radius 1 is 1.32 bits per heavy atom. The summed E-state index contributed by atoms with van der Waals surface area (Å²) in [6.07, 6.45) is 0.911. The molecule has 1 aromatic rings. The van der Waals surface area contributed by atoms with Crippen LogP contribution in [0.15, 0.2) is 30.3 Å². The van der Waals surface area contributed by atoms with E-state index in [1.807, 2.05) is 30.3 Å². The molecule has 1 aromatic carbocycles. The normalized spacial score (nSPS) is 17.4. The maximum absolute atomic E-state index is 11.9. The van der Waals surface area contributed by atoms with Gasteiger partial charge in [0.05, 0.1) is 5.92 Å². The van der Waals surface area contributed by atoms with Crippen molar-refractivity contribution in [3.8, 4) is 0 Å². The minimum atomic E-state index is -0.487. The van der Waals surface area contributed by atoms with Gasteiger partial charge in [-0.1, -0.05) is 30.3 Å². The number of hydrogen-bond acceptors (Lipinski definition) is 4. The molecular weight excluding hydrogens is 284 g/mol. The van der Waals surface area contributed by atoms with Crippen molar-refractivity contribution in [3.63, 3.8) is 0 Å². The molecule has 1 fully saturated rings. The molecule has 0 spiro atoms. The van der Waals surface area contributed by atoms with Crippen molar-refractivity contribution in [1.82, 2.24) is 10.2 Å². The van der Waals surface area contributed by atoms with Crippen LogP contribution in [0, 0.1) is 5.92 Å². The van der Waals surface area contributed by atoms with Crippen molar-refractivity contribution in [1.29, 1.82) is 0 Å². The number of nitrogens with zero attached hydrogens (tertiary/aromatic N) is 1. The molecule has 1 heterocycles. The van der Waals surface area contributed by atoms with Gasteiger partial charge in [-0.2, -0.15) is 0 Å². The van der Waals surface area contributed by atoms with Crippen molar-refractivity contribution in [3.05, 3.63) is 35.9 Å². The quantitative estimate of drug-likeness (QED) is 0.770. The second kappa shape index (κ2) is 7.59. The summed E-state index contributed by atoms with van der Waals surface area (Å²) in [5.74, 6) is -1.37. The van der Waals surface area contributed by atoms with Crippen molar-refractivity contribution < 1.29 is 19.1 Å². The predicted molar refractivity (Wildman–Crippen MR) is 79.9 cm³/mol. The first kappa shape index (κ1) is 16.0. The van der Waals surface area contributed by atoms with E-state index in [2.05, 4.69) is 5.32 Å². The second-order valence-electron chi connectivity index (χ2n) is 5.26. The molecule has 1 N–H and O–H groups in total. The van der Waals surface area contributed by atoms with Crippen molar-refractivity contribution in [2.45, 2.75) is 12.8 Å². The van der Waals surface area contributed by atoms with Crippen molar-refractivity contribution in [2.75, 3.05) is 26.7 Å². The Morgan fingerprint density at radius 3 is 2.73 bits per heavy atom. The number of ether oxygens (including phenoxy) is 1. The zero-order valence-electron chi connectivity index (χ0n) is 12.6. The molecule has 1 unspecified atom stereocenters. The molecule has 22 heavy (non-hydrogen) atoms. The number of esters is 1. The first-order valence-electron chi connectivity index (χ1n) is 7.29. The third-order valence-corrected chi connectivity index (χ3v) is 3.69. The van der Waals surface area contributed by atoms with E-state index in [9.17, 15) is 14.4 Å². The Morgan fingerprint density at radius 2 is 2.05 bits per heavy atom. The number of rotatable bonds is 6. The Hall–Kier alpha value is -2.37. The van der Waals surface area contributed by atoms with E-state index in [0.29, 0.717) is 13.1 Å². The van der Waals surface area contributed by atoms with Crippen molar-refractivity contribution in [2.24, 2.45) is 5.92 Å². The fraction of sp³-hybridized carbons (Fsp3) is 0.438. The third-order valence-electron chi connectivity index (χ3n) is 3.69. The van der Waals surface area contributed by atoms with Gasteiger partial charge < -0.3 is 15.0 Å².